The summed E-state index contributed by atoms with van der Waals surface area (Å²) in [6, 6.07) is 0.0481. The molecule has 2 N–H and O–H groups in total. The number of ether oxygens (including phenoxy) is 2. The van der Waals surface area contributed by atoms with Gasteiger partial charge in [0.25, 0.3) is 0 Å². The Labute approximate surface area is 96.9 Å². The monoisotopic (exact) mass is 230 g/mol. The van der Waals surface area contributed by atoms with E-state index in [-0.39, 0.29) is 17.5 Å². The third-order valence-corrected chi connectivity index (χ3v) is 2.72. The number of carbonyl (C=O) groups is 1. The van der Waals surface area contributed by atoms with E-state index in [1.165, 1.54) is 0 Å². The molecule has 0 aromatic heterocycles. The summed E-state index contributed by atoms with van der Waals surface area (Å²) in [5, 5.41) is 6.08. The van der Waals surface area contributed by atoms with Crippen molar-refractivity contribution in [1.82, 2.24) is 10.6 Å². The SMILES string of the molecule is COCC(C)NC(=O)CNC1(C)CCOC1. The van der Waals surface area contributed by atoms with Gasteiger partial charge >= 0.3 is 0 Å². The fourth-order valence-electron chi connectivity index (χ4n) is 1.72. The van der Waals surface area contributed by atoms with Gasteiger partial charge in [0.05, 0.1) is 19.8 Å². The lowest BCUT2D eigenvalue weighted by atomic mass is 10.0. The van der Waals surface area contributed by atoms with E-state index in [1.807, 2.05) is 6.92 Å². The van der Waals surface area contributed by atoms with Crippen molar-refractivity contribution in [3.05, 3.63) is 0 Å². The van der Waals surface area contributed by atoms with E-state index in [4.69, 9.17) is 9.47 Å². The highest BCUT2D eigenvalue weighted by Gasteiger charge is 2.29. The van der Waals surface area contributed by atoms with Gasteiger partial charge in [-0.1, -0.05) is 0 Å². The molecule has 0 spiro atoms. The Morgan fingerprint density at radius 2 is 2.38 bits per heavy atom. The molecule has 1 fully saturated rings. The molecule has 94 valence electrons. The Bertz CT molecular complexity index is 227. The minimum absolute atomic E-state index is 0.00215. The second-order valence-electron chi connectivity index (χ2n) is 4.64. The number of hydrogen-bond acceptors (Lipinski definition) is 4. The maximum absolute atomic E-state index is 11.6. The van der Waals surface area contributed by atoms with Crippen molar-refractivity contribution >= 4 is 5.91 Å². The Morgan fingerprint density at radius 1 is 1.62 bits per heavy atom. The van der Waals surface area contributed by atoms with Gasteiger partial charge in [-0.25, -0.2) is 0 Å². The van der Waals surface area contributed by atoms with Crippen LogP contribution in [0.5, 0.6) is 0 Å². The molecule has 5 heteroatoms. The van der Waals surface area contributed by atoms with Gasteiger partial charge in [-0.3, -0.25) is 4.79 Å². The lowest BCUT2D eigenvalue weighted by Gasteiger charge is -2.23. The quantitative estimate of drug-likeness (QED) is 0.669. The zero-order chi connectivity index (χ0) is 12.0. The Hall–Kier alpha value is -0.650. The Morgan fingerprint density at radius 3 is 2.94 bits per heavy atom. The third kappa shape index (κ3) is 4.47. The summed E-state index contributed by atoms with van der Waals surface area (Å²) in [5.41, 5.74) is -0.0537. The van der Waals surface area contributed by atoms with Crippen molar-refractivity contribution in [3.63, 3.8) is 0 Å². The first-order valence-electron chi connectivity index (χ1n) is 5.67. The van der Waals surface area contributed by atoms with Crippen LogP contribution in [-0.2, 0) is 14.3 Å². The fraction of sp³-hybridized carbons (Fsp3) is 0.909. The van der Waals surface area contributed by atoms with E-state index >= 15 is 0 Å². The molecule has 2 atom stereocenters. The number of rotatable bonds is 6. The molecule has 0 saturated carbocycles. The second kappa shape index (κ2) is 6.18. The predicted molar refractivity (Wildman–Crippen MR) is 61.3 cm³/mol. The number of carbonyl (C=O) groups excluding carboxylic acids is 1. The minimum atomic E-state index is -0.0537. The molecule has 1 saturated heterocycles. The van der Waals surface area contributed by atoms with Crippen LogP contribution in [0.4, 0.5) is 0 Å². The molecule has 2 unspecified atom stereocenters. The van der Waals surface area contributed by atoms with E-state index in [2.05, 4.69) is 17.6 Å². The molecule has 0 aliphatic carbocycles. The molecule has 0 aromatic rings. The first-order chi connectivity index (χ1) is 7.56. The van der Waals surface area contributed by atoms with Crippen LogP contribution in [0.3, 0.4) is 0 Å². The maximum Gasteiger partial charge on any atom is 0.234 e. The van der Waals surface area contributed by atoms with Crippen molar-refractivity contribution < 1.29 is 14.3 Å². The summed E-state index contributed by atoms with van der Waals surface area (Å²) in [6.45, 7) is 6.30. The maximum atomic E-state index is 11.6. The lowest BCUT2D eigenvalue weighted by molar-refractivity contribution is -0.121. The van der Waals surface area contributed by atoms with E-state index in [9.17, 15) is 4.79 Å². The Kier molecular flexibility index (Phi) is 5.18. The molecule has 1 amide bonds. The van der Waals surface area contributed by atoms with Crippen LogP contribution in [0.15, 0.2) is 0 Å². The summed E-state index contributed by atoms with van der Waals surface area (Å²) in [6.07, 6.45) is 0.952. The number of nitrogens with one attached hydrogen (secondary N) is 2. The lowest BCUT2D eigenvalue weighted by Crippen LogP contribution is -2.49. The molecule has 1 heterocycles. The molecule has 16 heavy (non-hydrogen) atoms. The summed E-state index contributed by atoms with van der Waals surface area (Å²) >= 11 is 0. The molecule has 0 bridgehead atoms. The summed E-state index contributed by atoms with van der Waals surface area (Å²) in [7, 11) is 1.62. The molecule has 1 rings (SSSR count). The van der Waals surface area contributed by atoms with Gasteiger partial charge in [-0.2, -0.15) is 0 Å². The van der Waals surface area contributed by atoms with Crippen molar-refractivity contribution in [3.8, 4) is 0 Å². The predicted octanol–water partition coefficient (Wildman–Crippen LogP) is -0.0939. The average molecular weight is 230 g/mol. The van der Waals surface area contributed by atoms with Gasteiger partial charge < -0.3 is 20.1 Å². The normalized spacial score (nSPS) is 26.7. The smallest absolute Gasteiger partial charge is 0.234 e. The fourth-order valence-corrected chi connectivity index (χ4v) is 1.72. The van der Waals surface area contributed by atoms with Crippen LogP contribution < -0.4 is 10.6 Å². The van der Waals surface area contributed by atoms with E-state index in [0.717, 1.165) is 13.0 Å². The van der Waals surface area contributed by atoms with Crippen LogP contribution in [0.25, 0.3) is 0 Å². The van der Waals surface area contributed by atoms with Crippen molar-refractivity contribution in [2.45, 2.75) is 31.8 Å². The van der Waals surface area contributed by atoms with Gasteiger partial charge in [0, 0.05) is 25.3 Å². The summed E-state index contributed by atoms with van der Waals surface area (Å²) < 4.78 is 10.2. The topological polar surface area (TPSA) is 59.6 Å². The van der Waals surface area contributed by atoms with E-state index < -0.39 is 0 Å². The number of methoxy groups -OCH3 is 1. The van der Waals surface area contributed by atoms with Crippen LogP contribution in [0, 0.1) is 0 Å². The van der Waals surface area contributed by atoms with E-state index in [0.29, 0.717) is 19.8 Å². The molecule has 1 aliphatic rings. The van der Waals surface area contributed by atoms with Gasteiger partial charge in [0.2, 0.25) is 5.91 Å². The summed E-state index contributed by atoms with van der Waals surface area (Å²) in [4.78, 5) is 11.6. The van der Waals surface area contributed by atoms with Crippen molar-refractivity contribution in [1.29, 1.82) is 0 Å². The first-order valence-corrected chi connectivity index (χ1v) is 5.67. The van der Waals surface area contributed by atoms with Crippen LogP contribution in [0.2, 0.25) is 0 Å². The highest BCUT2D eigenvalue weighted by atomic mass is 16.5. The zero-order valence-electron chi connectivity index (χ0n) is 10.3. The molecule has 0 aromatic carbocycles. The van der Waals surface area contributed by atoms with Crippen molar-refractivity contribution in [2.24, 2.45) is 0 Å². The molecular weight excluding hydrogens is 208 g/mol. The molecule has 1 aliphatic heterocycles. The minimum Gasteiger partial charge on any atom is -0.383 e. The van der Waals surface area contributed by atoms with Gasteiger partial charge in [0.15, 0.2) is 0 Å². The molecular formula is C11H22N2O3. The summed E-state index contributed by atoms with van der Waals surface area (Å²) in [5.74, 6) is -0.00215. The van der Waals surface area contributed by atoms with Crippen molar-refractivity contribution in [2.75, 3.05) is 33.5 Å². The van der Waals surface area contributed by atoms with Gasteiger partial charge in [0.1, 0.15) is 0 Å². The molecule has 5 nitrogen and oxygen atoms in total. The first kappa shape index (κ1) is 13.4. The Balaban J connectivity index is 2.19. The zero-order valence-corrected chi connectivity index (χ0v) is 10.3. The number of hydrogen-bond donors (Lipinski definition) is 2. The van der Waals surface area contributed by atoms with Crippen LogP contribution in [0.1, 0.15) is 20.3 Å². The second-order valence-corrected chi connectivity index (χ2v) is 4.64. The molecule has 0 radical (unpaired) electrons. The largest absolute Gasteiger partial charge is 0.383 e. The highest BCUT2D eigenvalue weighted by Crippen LogP contribution is 2.16. The van der Waals surface area contributed by atoms with Gasteiger partial charge in [-0.05, 0) is 20.3 Å². The number of amides is 1. The van der Waals surface area contributed by atoms with Gasteiger partial charge in [-0.15, -0.1) is 0 Å². The highest BCUT2D eigenvalue weighted by molar-refractivity contribution is 5.78. The standard InChI is InChI=1S/C11H22N2O3/c1-9(7-15-3)13-10(14)6-12-11(2)4-5-16-8-11/h9,12H,4-8H2,1-3H3,(H,13,14). The average Bonchev–Trinajstić information content (AvgIpc) is 2.63. The van der Waals surface area contributed by atoms with Crippen LogP contribution >= 0.6 is 0 Å². The van der Waals surface area contributed by atoms with E-state index in [1.54, 1.807) is 7.11 Å². The third-order valence-electron chi connectivity index (χ3n) is 2.72. The van der Waals surface area contributed by atoms with Crippen LogP contribution in [-0.4, -0.2) is 51.0 Å².